The van der Waals surface area contributed by atoms with Gasteiger partial charge in [-0.15, -0.1) is 5.73 Å². The predicted octanol–water partition coefficient (Wildman–Crippen LogP) is 2.46. The Morgan fingerprint density at radius 1 is 1.75 bits per heavy atom. The molecule has 0 aromatic carbocycles. The number of allylic oxidation sites excluding steroid dienone is 3. The Balaban J connectivity index is 2.99. The Morgan fingerprint density at radius 2 is 2.50 bits per heavy atom. The van der Waals surface area contributed by atoms with Gasteiger partial charge in [0.2, 0.25) is 0 Å². The van der Waals surface area contributed by atoms with Crippen molar-refractivity contribution < 1.29 is 0 Å². The summed E-state index contributed by atoms with van der Waals surface area (Å²) in [6.45, 7) is 7.52. The fourth-order valence-corrected chi connectivity index (χ4v) is 1.02. The minimum atomic E-state index is 1.08. The normalized spacial score (nSPS) is 11.0. The Bertz CT molecular complexity index is 338. The fraction of sp³-hybridized carbons (Fsp3) is 0.200. The van der Waals surface area contributed by atoms with Crippen molar-refractivity contribution in [2.45, 2.75) is 13.8 Å². The van der Waals surface area contributed by atoms with Gasteiger partial charge in [0.25, 0.3) is 0 Å². The first-order valence-corrected chi connectivity index (χ1v) is 3.78. The highest BCUT2D eigenvalue weighted by Gasteiger charge is 1.99. The van der Waals surface area contributed by atoms with Crippen LogP contribution in [-0.4, -0.2) is 10.2 Å². The Kier molecular flexibility index (Phi) is 2.67. The number of aryl methyl sites for hydroxylation is 1. The molecule has 12 heavy (non-hydrogen) atoms. The van der Waals surface area contributed by atoms with E-state index in [1.807, 2.05) is 26.1 Å². The molecule has 0 amide bonds. The van der Waals surface area contributed by atoms with E-state index in [2.05, 4.69) is 22.5 Å². The number of hydrogen-bond acceptors (Lipinski definition) is 1. The summed E-state index contributed by atoms with van der Waals surface area (Å²) in [4.78, 5) is 0. The van der Waals surface area contributed by atoms with Crippen LogP contribution < -0.4 is 0 Å². The lowest BCUT2D eigenvalue weighted by Crippen LogP contribution is -1.79. The summed E-state index contributed by atoms with van der Waals surface area (Å²) in [5, 5.41) is 6.82. The van der Waals surface area contributed by atoms with Gasteiger partial charge in [-0.05, 0) is 25.5 Å². The maximum Gasteiger partial charge on any atom is 0.0565 e. The maximum atomic E-state index is 3.94. The second-order valence-corrected chi connectivity index (χ2v) is 2.63. The van der Waals surface area contributed by atoms with E-state index in [-0.39, 0.29) is 0 Å². The third kappa shape index (κ3) is 1.74. The quantitative estimate of drug-likeness (QED) is 0.522. The van der Waals surface area contributed by atoms with E-state index in [1.165, 1.54) is 0 Å². The molecule has 2 nitrogen and oxygen atoms in total. The molecule has 2 heteroatoms. The van der Waals surface area contributed by atoms with E-state index < -0.39 is 0 Å². The molecule has 0 unspecified atom stereocenters. The monoisotopic (exact) mass is 160 g/mol. The van der Waals surface area contributed by atoms with Crippen molar-refractivity contribution in [2.24, 2.45) is 0 Å². The molecule has 0 atom stereocenters. The Morgan fingerprint density at radius 3 is 3.00 bits per heavy atom. The summed E-state index contributed by atoms with van der Waals surface area (Å²) in [5.41, 5.74) is 6.09. The first-order chi connectivity index (χ1) is 5.75. The molecule has 1 rings (SSSR count). The lowest BCUT2D eigenvalue weighted by atomic mass is 10.1. The van der Waals surface area contributed by atoms with Gasteiger partial charge in [-0.25, -0.2) is 0 Å². The van der Waals surface area contributed by atoms with Gasteiger partial charge in [0.15, 0.2) is 0 Å². The SMILES string of the molecule is C=C=C/C=C(/C)c1cn[nH]c1C. The first kappa shape index (κ1) is 8.57. The zero-order chi connectivity index (χ0) is 8.97. The molecule has 1 aromatic rings. The molecule has 0 aliphatic carbocycles. The number of H-pyrrole nitrogens is 1. The number of nitrogens with one attached hydrogen (secondary N) is 1. The maximum absolute atomic E-state index is 3.94. The standard InChI is InChI=1S/C10H12N2/c1-4-5-6-8(2)10-7-11-12-9(10)3/h5-7H,1H2,2-3H3,(H,11,12)/b8-6-. The molecule has 0 bridgehead atoms. The van der Waals surface area contributed by atoms with Crippen LogP contribution in [0.15, 0.2) is 30.7 Å². The van der Waals surface area contributed by atoms with Crippen molar-refractivity contribution in [1.82, 2.24) is 10.2 Å². The summed E-state index contributed by atoms with van der Waals surface area (Å²) in [6.07, 6.45) is 5.57. The molecular weight excluding hydrogens is 148 g/mol. The van der Waals surface area contributed by atoms with E-state index in [1.54, 1.807) is 6.08 Å². The second kappa shape index (κ2) is 3.74. The van der Waals surface area contributed by atoms with Crippen molar-refractivity contribution in [3.8, 4) is 0 Å². The number of aromatic nitrogens is 2. The Labute approximate surface area is 72.3 Å². The van der Waals surface area contributed by atoms with Crippen LogP contribution in [0.1, 0.15) is 18.2 Å². The molecule has 1 N–H and O–H groups in total. The molecule has 0 saturated heterocycles. The van der Waals surface area contributed by atoms with Gasteiger partial charge < -0.3 is 0 Å². The van der Waals surface area contributed by atoms with Crippen LogP contribution in [0.5, 0.6) is 0 Å². The van der Waals surface area contributed by atoms with Gasteiger partial charge >= 0.3 is 0 Å². The van der Waals surface area contributed by atoms with Crippen molar-refractivity contribution in [2.75, 3.05) is 0 Å². The minimum absolute atomic E-state index is 1.08. The van der Waals surface area contributed by atoms with Crippen LogP contribution in [0, 0.1) is 6.92 Å². The number of rotatable bonds is 2. The molecular formula is C10H12N2. The van der Waals surface area contributed by atoms with Crippen LogP contribution in [-0.2, 0) is 0 Å². The van der Waals surface area contributed by atoms with E-state index in [0.29, 0.717) is 0 Å². The highest BCUT2D eigenvalue weighted by atomic mass is 15.1. The van der Waals surface area contributed by atoms with Crippen LogP contribution in [0.4, 0.5) is 0 Å². The summed E-state index contributed by atoms with van der Waals surface area (Å²) < 4.78 is 0. The zero-order valence-corrected chi connectivity index (χ0v) is 7.39. The van der Waals surface area contributed by atoms with Gasteiger partial charge in [-0.3, -0.25) is 5.10 Å². The lowest BCUT2D eigenvalue weighted by molar-refractivity contribution is 1.05. The molecule has 0 saturated carbocycles. The first-order valence-electron chi connectivity index (χ1n) is 3.78. The third-order valence-corrected chi connectivity index (χ3v) is 1.71. The molecule has 62 valence electrons. The van der Waals surface area contributed by atoms with E-state index in [0.717, 1.165) is 16.8 Å². The molecule has 1 aromatic heterocycles. The molecule has 0 fully saturated rings. The summed E-state index contributed by atoms with van der Waals surface area (Å²) in [5.74, 6) is 0. The highest BCUT2D eigenvalue weighted by molar-refractivity contribution is 5.66. The van der Waals surface area contributed by atoms with Crippen molar-refractivity contribution in [1.29, 1.82) is 0 Å². The van der Waals surface area contributed by atoms with Crippen molar-refractivity contribution >= 4 is 5.57 Å². The summed E-state index contributed by atoms with van der Waals surface area (Å²) >= 11 is 0. The van der Waals surface area contributed by atoms with Crippen molar-refractivity contribution in [3.05, 3.63) is 41.9 Å². The van der Waals surface area contributed by atoms with Gasteiger partial charge in [0.05, 0.1) is 6.20 Å². The number of nitrogens with zero attached hydrogens (tertiary/aromatic N) is 1. The lowest BCUT2D eigenvalue weighted by Gasteiger charge is -1.95. The summed E-state index contributed by atoms with van der Waals surface area (Å²) in [7, 11) is 0. The molecule has 0 aliphatic rings. The van der Waals surface area contributed by atoms with Crippen LogP contribution in [0.2, 0.25) is 0 Å². The molecule has 0 aliphatic heterocycles. The molecule has 1 heterocycles. The Hall–Kier alpha value is -1.53. The highest BCUT2D eigenvalue weighted by Crippen LogP contribution is 2.14. The van der Waals surface area contributed by atoms with Gasteiger partial charge in [-0.1, -0.05) is 12.7 Å². The predicted molar refractivity (Wildman–Crippen MR) is 50.7 cm³/mol. The van der Waals surface area contributed by atoms with Gasteiger partial charge in [-0.2, -0.15) is 5.10 Å². The average molecular weight is 160 g/mol. The average Bonchev–Trinajstić information content (AvgIpc) is 2.47. The van der Waals surface area contributed by atoms with E-state index in [9.17, 15) is 0 Å². The second-order valence-electron chi connectivity index (χ2n) is 2.63. The fourth-order valence-electron chi connectivity index (χ4n) is 1.02. The summed E-state index contributed by atoms with van der Waals surface area (Å²) in [6, 6.07) is 0. The van der Waals surface area contributed by atoms with Crippen LogP contribution >= 0.6 is 0 Å². The number of aromatic amines is 1. The third-order valence-electron chi connectivity index (χ3n) is 1.71. The number of hydrogen-bond donors (Lipinski definition) is 1. The van der Waals surface area contributed by atoms with Crippen LogP contribution in [0.25, 0.3) is 5.57 Å². The van der Waals surface area contributed by atoms with Gasteiger partial charge in [0, 0.05) is 11.3 Å². The molecule has 0 radical (unpaired) electrons. The molecule has 0 spiro atoms. The van der Waals surface area contributed by atoms with E-state index in [4.69, 9.17) is 0 Å². The van der Waals surface area contributed by atoms with E-state index >= 15 is 0 Å². The minimum Gasteiger partial charge on any atom is -0.282 e. The van der Waals surface area contributed by atoms with Gasteiger partial charge in [0.1, 0.15) is 0 Å². The van der Waals surface area contributed by atoms with Crippen LogP contribution in [0.3, 0.4) is 0 Å². The topological polar surface area (TPSA) is 28.7 Å². The smallest absolute Gasteiger partial charge is 0.0565 e. The largest absolute Gasteiger partial charge is 0.282 e. The zero-order valence-electron chi connectivity index (χ0n) is 7.39. The van der Waals surface area contributed by atoms with Crippen molar-refractivity contribution in [3.63, 3.8) is 0 Å².